The molecule has 2 amide bonds. The molecule has 0 aliphatic heterocycles. The molecule has 76 valence electrons. The largest absolute Gasteiger partial charge is 0.453 e. The summed E-state index contributed by atoms with van der Waals surface area (Å²) in [7, 11) is 2.62. The third kappa shape index (κ3) is 3.75. The van der Waals surface area contributed by atoms with Crippen LogP contribution in [0.5, 0.6) is 0 Å². The molecule has 0 rings (SSSR count). The smallest absolute Gasteiger partial charge is 0.407 e. The van der Waals surface area contributed by atoms with Gasteiger partial charge in [-0.1, -0.05) is 0 Å². The van der Waals surface area contributed by atoms with Crippen molar-refractivity contribution in [1.82, 2.24) is 5.32 Å². The van der Waals surface area contributed by atoms with E-state index in [0.717, 1.165) is 0 Å². The summed E-state index contributed by atoms with van der Waals surface area (Å²) >= 11 is 0. The fourth-order valence-corrected chi connectivity index (χ4v) is 0.742. The van der Waals surface area contributed by atoms with Crippen molar-refractivity contribution in [3.8, 4) is 0 Å². The maximum atomic E-state index is 10.8. The molecule has 0 heterocycles. The number of alkyl carbamates (subject to hydrolysis) is 1. The van der Waals surface area contributed by atoms with Gasteiger partial charge in [-0.2, -0.15) is 0 Å². The molecule has 0 spiro atoms. The molecule has 3 N–H and O–H groups in total. The Balaban J connectivity index is 4.26. The number of ether oxygens (including phenoxy) is 2. The maximum Gasteiger partial charge on any atom is 0.407 e. The number of primary amides is 1. The van der Waals surface area contributed by atoms with E-state index in [1.807, 2.05) is 0 Å². The molecular formula is C7H14N2O4. The van der Waals surface area contributed by atoms with E-state index < -0.39 is 24.1 Å². The van der Waals surface area contributed by atoms with Gasteiger partial charge in [0.05, 0.1) is 13.2 Å². The minimum absolute atomic E-state index is 0.489. The van der Waals surface area contributed by atoms with Gasteiger partial charge in [-0.25, -0.2) is 4.79 Å². The summed E-state index contributed by atoms with van der Waals surface area (Å²) in [5, 5.41) is 2.26. The van der Waals surface area contributed by atoms with Gasteiger partial charge in [0.25, 0.3) is 0 Å². The van der Waals surface area contributed by atoms with Gasteiger partial charge in [-0.15, -0.1) is 0 Å². The number of nitrogens with one attached hydrogen (secondary N) is 1. The van der Waals surface area contributed by atoms with Crippen LogP contribution in [0, 0.1) is 0 Å². The van der Waals surface area contributed by atoms with E-state index in [4.69, 9.17) is 10.5 Å². The molecule has 0 bridgehead atoms. The van der Waals surface area contributed by atoms with E-state index in [2.05, 4.69) is 10.1 Å². The van der Waals surface area contributed by atoms with E-state index >= 15 is 0 Å². The predicted octanol–water partition coefficient (Wildman–Crippen LogP) is -0.769. The summed E-state index contributed by atoms with van der Waals surface area (Å²) in [6.07, 6.45) is -1.20. The lowest BCUT2D eigenvalue weighted by molar-refractivity contribution is -0.122. The highest BCUT2D eigenvalue weighted by molar-refractivity contribution is 5.84. The molecule has 0 aromatic carbocycles. The first-order valence-electron chi connectivity index (χ1n) is 3.69. The Labute approximate surface area is 76.4 Å². The highest BCUT2D eigenvalue weighted by Crippen LogP contribution is 1.96. The van der Waals surface area contributed by atoms with Crippen LogP contribution in [0.25, 0.3) is 0 Å². The first-order valence-corrected chi connectivity index (χ1v) is 3.69. The minimum atomic E-state index is -0.877. The Bertz CT molecular complexity index is 195. The summed E-state index contributed by atoms with van der Waals surface area (Å²) in [5.41, 5.74) is 5.03. The van der Waals surface area contributed by atoms with Gasteiger partial charge in [-0.3, -0.25) is 4.79 Å². The standard InChI is InChI=1S/C7H14N2O4/c1-4(12-2)5(6(8)10)9-7(11)13-3/h4-5H,1-3H3,(H2,8,10)(H,9,11)/t4-,5+/m1/s1. The molecule has 0 aliphatic carbocycles. The van der Waals surface area contributed by atoms with Crippen LogP contribution in [-0.2, 0) is 14.3 Å². The second kappa shape index (κ2) is 5.36. The maximum absolute atomic E-state index is 10.8. The summed E-state index contributed by atoms with van der Waals surface area (Å²) in [6, 6.07) is -0.877. The van der Waals surface area contributed by atoms with Gasteiger partial charge >= 0.3 is 6.09 Å². The Morgan fingerprint density at radius 3 is 2.23 bits per heavy atom. The second-order valence-corrected chi connectivity index (χ2v) is 2.46. The van der Waals surface area contributed by atoms with Crippen molar-refractivity contribution in [1.29, 1.82) is 0 Å². The number of carbonyl (C=O) groups is 2. The Morgan fingerprint density at radius 2 is 1.92 bits per heavy atom. The summed E-state index contributed by atoms with van der Waals surface area (Å²) in [6.45, 7) is 1.62. The van der Waals surface area contributed by atoms with Crippen molar-refractivity contribution in [3.05, 3.63) is 0 Å². The van der Waals surface area contributed by atoms with Crippen molar-refractivity contribution in [3.63, 3.8) is 0 Å². The summed E-state index contributed by atoms with van der Waals surface area (Å²) in [4.78, 5) is 21.6. The van der Waals surface area contributed by atoms with Gasteiger partial charge in [0, 0.05) is 7.11 Å². The van der Waals surface area contributed by atoms with E-state index in [0.29, 0.717) is 0 Å². The Kier molecular flexibility index (Phi) is 4.83. The predicted molar refractivity (Wildman–Crippen MR) is 45.0 cm³/mol. The van der Waals surface area contributed by atoms with Crippen LogP contribution in [0.1, 0.15) is 6.92 Å². The summed E-state index contributed by atoms with van der Waals surface area (Å²) in [5.74, 6) is -0.667. The highest BCUT2D eigenvalue weighted by Gasteiger charge is 2.24. The zero-order valence-corrected chi connectivity index (χ0v) is 7.87. The first-order chi connectivity index (χ1) is 6.02. The van der Waals surface area contributed by atoms with Crippen molar-refractivity contribution in [2.45, 2.75) is 19.1 Å². The normalized spacial score (nSPS) is 14.4. The lowest BCUT2D eigenvalue weighted by Gasteiger charge is -2.19. The lowest BCUT2D eigenvalue weighted by atomic mass is 10.2. The molecule has 0 aromatic heterocycles. The van der Waals surface area contributed by atoms with Crippen LogP contribution in [0.4, 0.5) is 4.79 Å². The molecule has 13 heavy (non-hydrogen) atoms. The monoisotopic (exact) mass is 190 g/mol. The van der Waals surface area contributed by atoms with Crippen LogP contribution in [-0.4, -0.2) is 38.4 Å². The highest BCUT2D eigenvalue weighted by atomic mass is 16.5. The van der Waals surface area contributed by atoms with Gasteiger partial charge in [0.1, 0.15) is 6.04 Å². The number of hydrogen-bond donors (Lipinski definition) is 2. The van der Waals surface area contributed by atoms with Crippen molar-refractivity contribution in [2.75, 3.05) is 14.2 Å². The fourth-order valence-electron chi connectivity index (χ4n) is 0.742. The first kappa shape index (κ1) is 11.7. The Morgan fingerprint density at radius 1 is 1.38 bits per heavy atom. The van der Waals surface area contributed by atoms with Crippen LogP contribution in [0.2, 0.25) is 0 Å². The average molecular weight is 190 g/mol. The third-order valence-corrected chi connectivity index (χ3v) is 1.61. The van der Waals surface area contributed by atoms with E-state index in [-0.39, 0.29) is 0 Å². The van der Waals surface area contributed by atoms with Crippen LogP contribution < -0.4 is 11.1 Å². The molecule has 6 heteroatoms. The lowest BCUT2D eigenvalue weighted by Crippen LogP contribution is -2.51. The number of carbonyl (C=O) groups excluding carboxylic acids is 2. The SMILES string of the molecule is COC(=O)N[C@H](C(N)=O)[C@@H](C)OC. The number of rotatable bonds is 4. The minimum Gasteiger partial charge on any atom is -0.453 e. The van der Waals surface area contributed by atoms with E-state index in [1.54, 1.807) is 6.92 Å². The molecule has 0 aromatic rings. The fraction of sp³-hybridized carbons (Fsp3) is 0.714. The van der Waals surface area contributed by atoms with Gasteiger partial charge < -0.3 is 20.5 Å². The zero-order chi connectivity index (χ0) is 10.4. The zero-order valence-electron chi connectivity index (χ0n) is 7.87. The van der Waals surface area contributed by atoms with Gasteiger partial charge in [0.15, 0.2) is 0 Å². The molecule has 0 radical (unpaired) electrons. The number of methoxy groups -OCH3 is 2. The van der Waals surface area contributed by atoms with Crippen LogP contribution >= 0.6 is 0 Å². The quantitative estimate of drug-likeness (QED) is 0.609. The topological polar surface area (TPSA) is 90.6 Å². The molecule has 0 saturated carbocycles. The molecule has 2 atom stereocenters. The molecule has 0 unspecified atom stereocenters. The number of amides is 2. The molecule has 0 aliphatic rings. The average Bonchev–Trinajstić information content (AvgIpc) is 2.11. The van der Waals surface area contributed by atoms with E-state index in [9.17, 15) is 9.59 Å². The molecule has 6 nitrogen and oxygen atoms in total. The number of nitrogens with two attached hydrogens (primary N) is 1. The molecular weight excluding hydrogens is 176 g/mol. The molecule has 0 fully saturated rings. The summed E-state index contributed by atoms with van der Waals surface area (Å²) < 4.78 is 9.16. The van der Waals surface area contributed by atoms with Crippen LogP contribution in [0.3, 0.4) is 0 Å². The van der Waals surface area contributed by atoms with Crippen molar-refractivity contribution in [2.24, 2.45) is 5.73 Å². The van der Waals surface area contributed by atoms with Crippen molar-refractivity contribution < 1.29 is 19.1 Å². The van der Waals surface area contributed by atoms with Gasteiger partial charge in [0.2, 0.25) is 5.91 Å². The van der Waals surface area contributed by atoms with Gasteiger partial charge in [-0.05, 0) is 6.92 Å². The Hall–Kier alpha value is -1.30. The third-order valence-electron chi connectivity index (χ3n) is 1.61. The van der Waals surface area contributed by atoms with E-state index in [1.165, 1.54) is 14.2 Å². The van der Waals surface area contributed by atoms with Crippen LogP contribution in [0.15, 0.2) is 0 Å². The second-order valence-electron chi connectivity index (χ2n) is 2.46. The molecule has 0 saturated heterocycles. The number of hydrogen-bond acceptors (Lipinski definition) is 4. The van der Waals surface area contributed by atoms with Crippen molar-refractivity contribution >= 4 is 12.0 Å².